The zero-order valence-electron chi connectivity index (χ0n) is 14.2. The number of nitrogens with zero attached hydrogens (tertiary/aromatic N) is 4. The second kappa shape index (κ2) is 6.28. The highest BCUT2D eigenvalue weighted by Gasteiger charge is 2.24. The summed E-state index contributed by atoms with van der Waals surface area (Å²) in [6.45, 7) is 0. The lowest BCUT2D eigenvalue weighted by atomic mass is 9.91. The van der Waals surface area contributed by atoms with Gasteiger partial charge in [0.15, 0.2) is 10.8 Å². The molecule has 1 aliphatic carbocycles. The van der Waals surface area contributed by atoms with Gasteiger partial charge < -0.3 is 10.3 Å². The molecule has 0 bridgehead atoms. The summed E-state index contributed by atoms with van der Waals surface area (Å²) in [5.74, 6) is 0.748. The van der Waals surface area contributed by atoms with E-state index in [4.69, 9.17) is 0 Å². The highest BCUT2D eigenvalue weighted by molar-refractivity contribution is 9.10. The minimum absolute atomic E-state index is 0.317. The number of hydrogen-bond acceptors (Lipinski definition) is 5. The summed E-state index contributed by atoms with van der Waals surface area (Å²) in [6.07, 6.45) is 6.81. The van der Waals surface area contributed by atoms with Crippen molar-refractivity contribution in [3.05, 3.63) is 46.2 Å². The van der Waals surface area contributed by atoms with Crippen LogP contribution in [0, 0.1) is 0 Å². The Kier molecular flexibility index (Phi) is 3.90. The van der Waals surface area contributed by atoms with Crippen LogP contribution in [0.3, 0.4) is 0 Å². The van der Waals surface area contributed by atoms with Gasteiger partial charge in [-0.2, -0.15) is 14.6 Å². The molecule has 26 heavy (non-hydrogen) atoms. The Bertz CT molecular complexity index is 1120. The molecular weight excluding hydrogens is 412 g/mol. The third kappa shape index (κ3) is 2.59. The fraction of sp³-hybridized carbons (Fsp3) is 0.278. The molecular formula is C18H17BrN6S. The Labute approximate surface area is 162 Å². The van der Waals surface area contributed by atoms with Crippen molar-refractivity contribution in [2.24, 2.45) is 0 Å². The standard InChI is InChI=1S/C18H17BrN6S/c1-26-18-23-16-13(19)9-20-25(16)17(24-18)21-10-6-7-15-12(8-10)11-4-2-3-5-14(11)22-15/h2-5,9-10,22H,6-8H2,1H3,(H,21,23,24). The molecule has 4 aromatic rings. The average Bonchev–Trinajstić information content (AvgIpc) is 3.22. The number of aryl methyl sites for hydroxylation is 1. The highest BCUT2D eigenvalue weighted by atomic mass is 79.9. The third-order valence-electron chi connectivity index (χ3n) is 4.92. The van der Waals surface area contributed by atoms with Crippen molar-refractivity contribution in [1.82, 2.24) is 24.6 Å². The van der Waals surface area contributed by atoms with Crippen LogP contribution < -0.4 is 5.32 Å². The van der Waals surface area contributed by atoms with Gasteiger partial charge in [-0.1, -0.05) is 30.0 Å². The predicted molar refractivity (Wildman–Crippen MR) is 108 cm³/mol. The molecule has 1 unspecified atom stereocenters. The summed E-state index contributed by atoms with van der Waals surface area (Å²) in [4.78, 5) is 12.8. The van der Waals surface area contributed by atoms with E-state index in [-0.39, 0.29) is 0 Å². The molecule has 0 spiro atoms. The van der Waals surface area contributed by atoms with E-state index in [2.05, 4.69) is 65.6 Å². The zero-order chi connectivity index (χ0) is 17.7. The second-order valence-corrected chi connectivity index (χ2v) is 8.10. The summed E-state index contributed by atoms with van der Waals surface area (Å²) in [5, 5.41) is 10.1. The number of para-hydroxylation sites is 1. The molecule has 0 aliphatic heterocycles. The summed E-state index contributed by atoms with van der Waals surface area (Å²) in [5.41, 5.74) is 4.80. The van der Waals surface area contributed by atoms with Crippen LogP contribution in [0.25, 0.3) is 16.6 Å². The number of nitrogens with one attached hydrogen (secondary N) is 2. The van der Waals surface area contributed by atoms with Gasteiger partial charge in [0, 0.05) is 22.6 Å². The van der Waals surface area contributed by atoms with Gasteiger partial charge in [-0.05, 0) is 53.1 Å². The summed E-state index contributed by atoms with van der Waals surface area (Å²) < 4.78 is 2.65. The topological polar surface area (TPSA) is 70.9 Å². The largest absolute Gasteiger partial charge is 0.358 e. The van der Waals surface area contributed by atoms with E-state index in [0.29, 0.717) is 6.04 Å². The first-order chi connectivity index (χ1) is 12.7. The van der Waals surface area contributed by atoms with E-state index in [9.17, 15) is 0 Å². The van der Waals surface area contributed by atoms with Crippen molar-refractivity contribution in [2.75, 3.05) is 11.6 Å². The molecule has 1 atom stereocenters. The maximum Gasteiger partial charge on any atom is 0.228 e. The van der Waals surface area contributed by atoms with Crippen molar-refractivity contribution in [2.45, 2.75) is 30.5 Å². The molecule has 8 heteroatoms. The quantitative estimate of drug-likeness (QED) is 0.481. The molecule has 0 fully saturated rings. The number of hydrogen-bond donors (Lipinski definition) is 2. The first kappa shape index (κ1) is 16.1. The van der Waals surface area contributed by atoms with E-state index >= 15 is 0 Å². The molecule has 2 N–H and O–H groups in total. The molecule has 132 valence electrons. The minimum atomic E-state index is 0.317. The van der Waals surface area contributed by atoms with Crippen LogP contribution in [0.4, 0.5) is 5.95 Å². The maximum atomic E-state index is 4.65. The fourth-order valence-corrected chi connectivity index (χ4v) is 4.39. The van der Waals surface area contributed by atoms with Crippen LogP contribution in [0.2, 0.25) is 0 Å². The van der Waals surface area contributed by atoms with E-state index in [1.54, 1.807) is 10.7 Å². The van der Waals surface area contributed by atoms with Crippen molar-refractivity contribution >= 4 is 50.2 Å². The molecule has 0 saturated heterocycles. The first-order valence-electron chi connectivity index (χ1n) is 8.53. The van der Waals surface area contributed by atoms with Gasteiger partial charge in [0.25, 0.3) is 0 Å². The fourth-order valence-electron chi connectivity index (χ4n) is 3.69. The number of H-pyrrole nitrogens is 1. The van der Waals surface area contributed by atoms with Crippen LogP contribution >= 0.6 is 27.7 Å². The molecule has 3 heterocycles. The Balaban J connectivity index is 1.50. The van der Waals surface area contributed by atoms with Gasteiger partial charge in [-0.15, -0.1) is 0 Å². The number of rotatable bonds is 3. The minimum Gasteiger partial charge on any atom is -0.358 e. The molecule has 0 amide bonds. The first-order valence-corrected chi connectivity index (χ1v) is 10.5. The third-order valence-corrected chi connectivity index (χ3v) is 6.02. The van der Waals surface area contributed by atoms with E-state index in [1.807, 2.05) is 6.26 Å². The van der Waals surface area contributed by atoms with Crippen molar-refractivity contribution in [3.63, 3.8) is 0 Å². The van der Waals surface area contributed by atoms with E-state index < -0.39 is 0 Å². The normalized spacial score (nSPS) is 16.9. The Morgan fingerprint density at radius 2 is 2.19 bits per heavy atom. The maximum absolute atomic E-state index is 4.65. The molecule has 0 saturated carbocycles. The monoisotopic (exact) mass is 428 g/mol. The SMILES string of the molecule is CSc1nc(NC2CCc3[nH]c4ccccc4c3C2)n2ncc(Br)c2n1. The smallest absolute Gasteiger partial charge is 0.228 e. The summed E-state index contributed by atoms with van der Waals surface area (Å²) in [6, 6.07) is 8.85. The number of fused-ring (bicyclic) bond motifs is 4. The molecule has 3 aromatic heterocycles. The van der Waals surface area contributed by atoms with Gasteiger partial charge in [0.1, 0.15) is 0 Å². The van der Waals surface area contributed by atoms with Crippen molar-refractivity contribution in [3.8, 4) is 0 Å². The van der Waals surface area contributed by atoms with Gasteiger partial charge in [-0.25, -0.2) is 4.98 Å². The highest BCUT2D eigenvalue weighted by Crippen LogP contribution is 2.30. The lowest BCUT2D eigenvalue weighted by Crippen LogP contribution is -2.29. The second-order valence-electron chi connectivity index (χ2n) is 6.47. The van der Waals surface area contributed by atoms with Gasteiger partial charge in [0.2, 0.25) is 5.95 Å². The number of halogens is 1. The molecule has 1 aromatic carbocycles. The van der Waals surface area contributed by atoms with Gasteiger partial charge in [0.05, 0.1) is 10.7 Å². The van der Waals surface area contributed by atoms with E-state index in [1.165, 1.54) is 33.9 Å². The number of aromatic amines is 1. The van der Waals surface area contributed by atoms with Gasteiger partial charge >= 0.3 is 0 Å². The van der Waals surface area contributed by atoms with Crippen LogP contribution in [0.15, 0.2) is 40.1 Å². The predicted octanol–water partition coefficient (Wildman–Crippen LogP) is 4.06. The van der Waals surface area contributed by atoms with Crippen LogP contribution in [-0.4, -0.2) is 36.9 Å². The Hall–Kier alpha value is -2.06. The van der Waals surface area contributed by atoms with Crippen molar-refractivity contribution < 1.29 is 0 Å². The lowest BCUT2D eigenvalue weighted by Gasteiger charge is -2.24. The molecule has 1 aliphatic rings. The summed E-state index contributed by atoms with van der Waals surface area (Å²) >= 11 is 5.05. The molecule has 5 rings (SSSR count). The molecule has 0 radical (unpaired) electrons. The average molecular weight is 429 g/mol. The number of aromatic nitrogens is 5. The van der Waals surface area contributed by atoms with Crippen molar-refractivity contribution in [1.29, 1.82) is 0 Å². The number of thioether (sulfide) groups is 1. The summed E-state index contributed by atoms with van der Waals surface area (Å²) in [7, 11) is 0. The number of anilines is 1. The lowest BCUT2D eigenvalue weighted by molar-refractivity contribution is 0.597. The Morgan fingerprint density at radius 3 is 3.08 bits per heavy atom. The van der Waals surface area contributed by atoms with E-state index in [0.717, 1.165) is 40.5 Å². The van der Waals surface area contributed by atoms with Crippen LogP contribution in [0.1, 0.15) is 17.7 Å². The van der Waals surface area contributed by atoms with Crippen LogP contribution in [0.5, 0.6) is 0 Å². The Morgan fingerprint density at radius 1 is 1.31 bits per heavy atom. The molecule has 6 nitrogen and oxygen atoms in total. The number of benzene rings is 1. The van der Waals surface area contributed by atoms with Crippen LogP contribution in [-0.2, 0) is 12.8 Å². The zero-order valence-corrected chi connectivity index (χ0v) is 16.6. The van der Waals surface area contributed by atoms with Gasteiger partial charge in [-0.3, -0.25) is 0 Å².